The molecule has 0 radical (unpaired) electrons. The molecule has 2 rings (SSSR count). The third-order valence-corrected chi connectivity index (χ3v) is 3.14. The summed E-state index contributed by atoms with van der Waals surface area (Å²) in [6.45, 7) is 0.658. The molecule has 1 nitrogen and oxygen atoms in total. The van der Waals surface area contributed by atoms with Gasteiger partial charge in [-0.15, -0.1) is 11.6 Å². The minimum absolute atomic E-state index is 0.202. The molecule has 0 heterocycles. The van der Waals surface area contributed by atoms with Crippen molar-refractivity contribution in [1.29, 1.82) is 0 Å². The molecule has 0 aliphatic heterocycles. The number of para-hydroxylation sites is 1. The topological polar surface area (TPSA) is 3.24 Å². The van der Waals surface area contributed by atoms with E-state index in [2.05, 4.69) is 4.90 Å². The van der Waals surface area contributed by atoms with Gasteiger partial charge in [-0.2, -0.15) is 0 Å². The molecular formula is C15H15ClFN. The SMILES string of the molecule is CN(Cc1cccc(F)c1)c1ccccc1CCl. The predicted molar refractivity (Wildman–Crippen MR) is 74.5 cm³/mol. The van der Waals surface area contributed by atoms with Crippen LogP contribution in [-0.4, -0.2) is 7.05 Å². The fourth-order valence-corrected chi connectivity index (χ4v) is 2.22. The molecule has 0 N–H and O–H groups in total. The monoisotopic (exact) mass is 263 g/mol. The van der Waals surface area contributed by atoms with Gasteiger partial charge in [0.2, 0.25) is 0 Å². The molecule has 0 amide bonds. The zero-order chi connectivity index (χ0) is 13.0. The lowest BCUT2D eigenvalue weighted by Gasteiger charge is -2.22. The molecule has 94 valence electrons. The Morgan fingerprint density at radius 2 is 1.89 bits per heavy atom. The van der Waals surface area contributed by atoms with Gasteiger partial charge in [0.25, 0.3) is 0 Å². The lowest BCUT2D eigenvalue weighted by Crippen LogP contribution is -2.17. The van der Waals surface area contributed by atoms with Crippen molar-refractivity contribution in [2.45, 2.75) is 12.4 Å². The second-order valence-electron chi connectivity index (χ2n) is 4.25. The standard InChI is InChI=1S/C15H15ClFN/c1-18(11-12-5-4-7-14(17)9-12)15-8-3-2-6-13(15)10-16/h2-9H,10-11H2,1H3. The van der Waals surface area contributed by atoms with Crippen LogP contribution in [0.1, 0.15) is 11.1 Å². The lowest BCUT2D eigenvalue weighted by molar-refractivity contribution is 0.625. The van der Waals surface area contributed by atoms with Crippen LogP contribution in [0.15, 0.2) is 48.5 Å². The Kier molecular flexibility index (Phi) is 4.21. The number of hydrogen-bond acceptors (Lipinski definition) is 1. The summed E-state index contributed by atoms with van der Waals surface area (Å²) in [5, 5.41) is 0. The lowest BCUT2D eigenvalue weighted by atomic mass is 10.1. The Balaban J connectivity index is 2.19. The summed E-state index contributed by atoms with van der Waals surface area (Å²) in [6.07, 6.45) is 0. The molecular weight excluding hydrogens is 249 g/mol. The molecule has 0 bridgehead atoms. The van der Waals surface area contributed by atoms with Crippen LogP contribution in [0.2, 0.25) is 0 Å². The molecule has 2 aromatic rings. The zero-order valence-electron chi connectivity index (χ0n) is 10.2. The fraction of sp³-hybridized carbons (Fsp3) is 0.200. The quantitative estimate of drug-likeness (QED) is 0.748. The van der Waals surface area contributed by atoms with E-state index in [4.69, 9.17) is 11.6 Å². The van der Waals surface area contributed by atoms with Gasteiger partial charge in [0.05, 0.1) is 0 Å². The summed E-state index contributed by atoms with van der Waals surface area (Å²) in [5.74, 6) is 0.274. The molecule has 0 unspecified atom stereocenters. The Bertz CT molecular complexity index is 527. The van der Waals surface area contributed by atoms with E-state index in [1.54, 1.807) is 12.1 Å². The van der Waals surface area contributed by atoms with Crippen LogP contribution < -0.4 is 4.90 Å². The Morgan fingerprint density at radius 1 is 1.11 bits per heavy atom. The first-order chi connectivity index (χ1) is 8.70. The first-order valence-corrected chi connectivity index (χ1v) is 6.33. The summed E-state index contributed by atoms with van der Waals surface area (Å²) in [6, 6.07) is 14.6. The van der Waals surface area contributed by atoms with E-state index in [1.165, 1.54) is 6.07 Å². The minimum Gasteiger partial charge on any atom is -0.370 e. The summed E-state index contributed by atoms with van der Waals surface area (Å²) in [7, 11) is 1.98. The van der Waals surface area contributed by atoms with Crippen LogP contribution in [0.25, 0.3) is 0 Å². The number of halogens is 2. The molecule has 0 atom stereocenters. The zero-order valence-corrected chi connectivity index (χ0v) is 11.0. The van der Waals surface area contributed by atoms with Crippen molar-refractivity contribution in [1.82, 2.24) is 0 Å². The largest absolute Gasteiger partial charge is 0.370 e. The maximum absolute atomic E-state index is 13.1. The van der Waals surface area contributed by atoms with E-state index in [9.17, 15) is 4.39 Å². The maximum atomic E-state index is 13.1. The second-order valence-corrected chi connectivity index (χ2v) is 4.52. The van der Waals surface area contributed by atoms with Gasteiger partial charge < -0.3 is 4.90 Å². The first-order valence-electron chi connectivity index (χ1n) is 5.80. The summed E-state index contributed by atoms with van der Waals surface area (Å²) < 4.78 is 13.1. The van der Waals surface area contributed by atoms with Crippen molar-refractivity contribution >= 4 is 17.3 Å². The Morgan fingerprint density at radius 3 is 2.61 bits per heavy atom. The van der Waals surface area contributed by atoms with E-state index < -0.39 is 0 Å². The van der Waals surface area contributed by atoms with Crippen LogP contribution in [-0.2, 0) is 12.4 Å². The number of benzene rings is 2. The number of rotatable bonds is 4. The number of nitrogens with zero attached hydrogens (tertiary/aromatic N) is 1. The van der Waals surface area contributed by atoms with E-state index in [0.717, 1.165) is 16.8 Å². The van der Waals surface area contributed by atoms with Crippen molar-refractivity contribution in [3.8, 4) is 0 Å². The highest BCUT2D eigenvalue weighted by Gasteiger charge is 2.07. The van der Waals surface area contributed by atoms with Gasteiger partial charge >= 0.3 is 0 Å². The van der Waals surface area contributed by atoms with Gasteiger partial charge in [-0.1, -0.05) is 30.3 Å². The molecule has 0 aliphatic carbocycles. The van der Waals surface area contributed by atoms with Gasteiger partial charge in [0, 0.05) is 25.2 Å². The molecule has 0 saturated carbocycles. The van der Waals surface area contributed by atoms with Crippen LogP contribution in [0.3, 0.4) is 0 Å². The molecule has 0 spiro atoms. The molecule has 3 heteroatoms. The van der Waals surface area contributed by atoms with Crippen LogP contribution >= 0.6 is 11.6 Å². The van der Waals surface area contributed by atoms with E-state index in [-0.39, 0.29) is 5.82 Å². The molecule has 0 aliphatic rings. The minimum atomic E-state index is -0.202. The normalized spacial score (nSPS) is 10.4. The molecule has 18 heavy (non-hydrogen) atoms. The molecule has 2 aromatic carbocycles. The highest BCUT2D eigenvalue weighted by atomic mass is 35.5. The van der Waals surface area contributed by atoms with Crippen molar-refractivity contribution in [2.24, 2.45) is 0 Å². The average molecular weight is 264 g/mol. The smallest absolute Gasteiger partial charge is 0.123 e. The third kappa shape index (κ3) is 3.02. The second kappa shape index (κ2) is 5.87. The highest BCUT2D eigenvalue weighted by Crippen LogP contribution is 2.22. The number of anilines is 1. The molecule has 0 saturated heterocycles. The summed E-state index contributed by atoms with van der Waals surface area (Å²) in [4.78, 5) is 2.08. The van der Waals surface area contributed by atoms with Gasteiger partial charge in [-0.25, -0.2) is 4.39 Å². The van der Waals surface area contributed by atoms with Gasteiger partial charge in [0.15, 0.2) is 0 Å². The fourth-order valence-electron chi connectivity index (χ4n) is 1.99. The van der Waals surface area contributed by atoms with Crippen LogP contribution in [0.4, 0.5) is 10.1 Å². The van der Waals surface area contributed by atoms with Gasteiger partial charge in [-0.05, 0) is 29.3 Å². The maximum Gasteiger partial charge on any atom is 0.123 e. The number of alkyl halides is 1. The van der Waals surface area contributed by atoms with Crippen LogP contribution in [0, 0.1) is 5.82 Å². The average Bonchev–Trinajstić information content (AvgIpc) is 2.38. The summed E-state index contributed by atoms with van der Waals surface area (Å²) >= 11 is 5.92. The van der Waals surface area contributed by atoms with Crippen molar-refractivity contribution in [2.75, 3.05) is 11.9 Å². The number of hydrogen-bond donors (Lipinski definition) is 0. The first kappa shape index (κ1) is 12.9. The van der Waals surface area contributed by atoms with E-state index in [0.29, 0.717) is 12.4 Å². The van der Waals surface area contributed by atoms with Crippen molar-refractivity contribution < 1.29 is 4.39 Å². The van der Waals surface area contributed by atoms with Crippen molar-refractivity contribution in [3.63, 3.8) is 0 Å². The third-order valence-electron chi connectivity index (χ3n) is 2.86. The van der Waals surface area contributed by atoms with E-state index in [1.807, 2.05) is 37.4 Å². The Hall–Kier alpha value is -1.54. The van der Waals surface area contributed by atoms with E-state index >= 15 is 0 Å². The van der Waals surface area contributed by atoms with Crippen LogP contribution in [0.5, 0.6) is 0 Å². The highest BCUT2D eigenvalue weighted by molar-refractivity contribution is 6.17. The van der Waals surface area contributed by atoms with Gasteiger partial charge in [0.1, 0.15) is 5.82 Å². The molecule has 0 aromatic heterocycles. The van der Waals surface area contributed by atoms with Gasteiger partial charge in [-0.3, -0.25) is 0 Å². The van der Waals surface area contributed by atoms with Crippen molar-refractivity contribution in [3.05, 3.63) is 65.5 Å². The predicted octanol–water partition coefficient (Wildman–Crippen LogP) is 4.20. The Labute approximate surface area is 112 Å². The summed E-state index contributed by atoms with van der Waals surface area (Å²) in [5.41, 5.74) is 3.11. The molecule has 0 fully saturated rings.